The van der Waals surface area contributed by atoms with E-state index in [0.29, 0.717) is 31.7 Å². The minimum absolute atomic E-state index is 0.135. The molecule has 0 spiro atoms. The van der Waals surface area contributed by atoms with Crippen LogP contribution in [0.15, 0.2) is 18.2 Å². The number of hydrogen-bond acceptors (Lipinski definition) is 6. The van der Waals surface area contributed by atoms with E-state index in [4.69, 9.17) is 4.74 Å². The molecular weight excluding hydrogens is 348 g/mol. The number of imide groups is 1. The van der Waals surface area contributed by atoms with Crippen LogP contribution in [0.1, 0.15) is 34.3 Å². The highest BCUT2D eigenvalue weighted by atomic mass is 16.5. The largest absolute Gasteiger partial charge is 0.378 e. The van der Waals surface area contributed by atoms with Gasteiger partial charge in [0.25, 0.3) is 5.91 Å². The monoisotopic (exact) mass is 372 g/mol. The Morgan fingerprint density at radius 3 is 2.93 bits per heavy atom. The first-order valence-corrected chi connectivity index (χ1v) is 9.41. The molecule has 144 valence electrons. The van der Waals surface area contributed by atoms with Crippen molar-refractivity contribution in [1.29, 1.82) is 0 Å². The summed E-state index contributed by atoms with van der Waals surface area (Å²) >= 11 is 0. The van der Waals surface area contributed by atoms with Gasteiger partial charge in [-0.1, -0.05) is 12.1 Å². The molecule has 8 nitrogen and oxygen atoms in total. The third kappa shape index (κ3) is 3.73. The summed E-state index contributed by atoms with van der Waals surface area (Å²) in [5.41, 5.74) is 2.68. The van der Waals surface area contributed by atoms with Crippen molar-refractivity contribution in [3.8, 4) is 0 Å². The van der Waals surface area contributed by atoms with Gasteiger partial charge in [0.2, 0.25) is 11.8 Å². The molecule has 3 aliphatic heterocycles. The molecule has 0 radical (unpaired) electrons. The molecule has 4 rings (SSSR count). The third-order valence-electron chi connectivity index (χ3n) is 5.38. The number of nitrogens with one attached hydrogen (secondary N) is 3. The molecule has 2 fully saturated rings. The first kappa shape index (κ1) is 18.1. The molecule has 0 saturated carbocycles. The number of fused-ring (bicyclic) bond motifs is 1. The molecule has 2 saturated heterocycles. The lowest BCUT2D eigenvalue weighted by Gasteiger charge is -2.29. The van der Waals surface area contributed by atoms with Crippen molar-refractivity contribution in [1.82, 2.24) is 20.9 Å². The van der Waals surface area contributed by atoms with Gasteiger partial charge < -0.3 is 20.3 Å². The van der Waals surface area contributed by atoms with E-state index in [1.807, 2.05) is 18.2 Å². The summed E-state index contributed by atoms with van der Waals surface area (Å²) < 4.78 is 5.46. The molecule has 1 aromatic carbocycles. The van der Waals surface area contributed by atoms with Crippen molar-refractivity contribution in [2.24, 2.45) is 0 Å². The van der Waals surface area contributed by atoms with Crippen LogP contribution in [0.2, 0.25) is 0 Å². The third-order valence-corrected chi connectivity index (χ3v) is 5.38. The smallest absolute Gasteiger partial charge is 0.255 e. The lowest BCUT2D eigenvalue weighted by Crippen LogP contribution is -2.52. The fourth-order valence-electron chi connectivity index (χ4n) is 3.95. The summed E-state index contributed by atoms with van der Waals surface area (Å²) in [6.45, 7) is 4.15. The van der Waals surface area contributed by atoms with E-state index in [1.54, 1.807) is 4.90 Å². The molecule has 3 N–H and O–H groups in total. The maximum Gasteiger partial charge on any atom is 0.255 e. The highest BCUT2D eigenvalue weighted by Gasteiger charge is 2.39. The standard InChI is InChI=1S/C19H24N4O4/c24-17-5-4-16(18(25)22-17)23-10-15-12(2-1-3-14(15)19(23)26)8-20-9-13-11-27-7-6-21-13/h1-3,13,16,20-21H,4-11H2,(H,22,24,25). The predicted molar refractivity (Wildman–Crippen MR) is 96.8 cm³/mol. The Hall–Kier alpha value is -2.29. The molecule has 0 bridgehead atoms. The Morgan fingerprint density at radius 2 is 2.15 bits per heavy atom. The molecule has 2 atom stereocenters. The molecule has 8 heteroatoms. The van der Waals surface area contributed by atoms with Crippen LogP contribution in [-0.2, 0) is 27.4 Å². The maximum absolute atomic E-state index is 12.8. The van der Waals surface area contributed by atoms with Crippen LogP contribution in [0.3, 0.4) is 0 Å². The zero-order chi connectivity index (χ0) is 18.8. The van der Waals surface area contributed by atoms with Gasteiger partial charge in [-0.3, -0.25) is 19.7 Å². The lowest BCUT2D eigenvalue weighted by molar-refractivity contribution is -0.136. The van der Waals surface area contributed by atoms with Gasteiger partial charge in [0.05, 0.1) is 13.2 Å². The topological polar surface area (TPSA) is 99.8 Å². The van der Waals surface area contributed by atoms with Crippen LogP contribution in [0, 0.1) is 0 Å². The Bertz CT molecular complexity index is 760. The van der Waals surface area contributed by atoms with Gasteiger partial charge in [-0.05, 0) is 23.6 Å². The Labute approximate surface area is 157 Å². The van der Waals surface area contributed by atoms with E-state index in [2.05, 4.69) is 16.0 Å². The number of rotatable bonds is 5. The van der Waals surface area contributed by atoms with Crippen LogP contribution in [0.5, 0.6) is 0 Å². The van der Waals surface area contributed by atoms with E-state index < -0.39 is 6.04 Å². The van der Waals surface area contributed by atoms with Crippen LogP contribution >= 0.6 is 0 Å². The predicted octanol–water partition coefficient (Wildman–Crippen LogP) is -0.474. The second-order valence-electron chi connectivity index (χ2n) is 7.20. The summed E-state index contributed by atoms with van der Waals surface area (Å²) in [6.07, 6.45) is 0.646. The number of amides is 3. The van der Waals surface area contributed by atoms with Gasteiger partial charge in [-0.15, -0.1) is 0 Å². The average molecular weight is 372 g/mol. The number of ether oxygens (including phenoxy) is 1. The van der Waals surface area contributed by atoms with Crippen molar-refractivity contribution in [3.63, 3.8) is 0 Å². The second kappa shape index (κ2) is 7.75. The van der Waals surface area contributed by atoms with Crippen molar-refractivity contribution in [3.05, 3.63) is 34.9 Å². The molecule has 3 amide bonds. The minimum Gasteiger partial charge on any atom is -0.378 e. The summed E-state index contributed by atoms with van der Waals surface area (Å²) in [5.74, 6) is -0.787. The maximum atomic E-state index is 12.8. The SMILES string of the molecule is O=C1CCC(N2Cc3c(CNCC4COCCN4)cccc3C2=O)C(=O)N1. The van der Waals surface area contributed by atoms with Gasteiger partial charge in [0.1, 0.15) is 6.04 Å². The zero-order valence-electron chi connectivity index (χ0n) is 15.1. The van der Waals surface area contributed by atoms with Gasteiger partial charge in [0.15, 0.2) is 0 Å². The van der Waals surface area contributed by atoms with Crippen molar-refractivity contribution in [2.75, 3.05) is 26.3 Å². The van der Waals surface area contributed by atoms with Crippen molar-refractivity contribution < 1.29 is 19.1 Å². The highest BCUT2D eigenvalue weighted by Crippen LogP contribution is 2.29. The number of carbonyl (C=O) groups excluding carboxylic acids is 3. The molecular formula is C19H24N4O4. The fraction of sp³-hybridized carbons (Fsp3) is 0.526. The molecule has 0 aliphatic carbocycles. The molecule has 1 aromatic rings. The highest BCUT2D eigenvalue weighted by molar-refractivity contribution is 6.05. The van der Waals surface area contributed by atoms with E-state index >= 15 is 0 Å². The summed E-state index contributed by atoms with van der Waals surface area (Å²) in [5, 5.41) is 9.17. The van der Waals surface area contributed by atoms with Crippen LogP contribution in [0.4, 0.5) is 0 Å². The van der Waals surface area contributed by atoms with Gasteiger partial charge in [-0.25, -0.2) is 0 Å². The zero-order valence-corrected chi connectivity index (χ0v) is 15.1. The van der Waals surface area contributed by atoms with Crippen LogP contribution < -0.4 is 16.0 Å². The average Bonchev–Trinajstić information content (AvgIpc) is 3.00. The summed E-state index contributed by atoms with van der Waals surface area (Å²) in [6, 6.07) is 5.41. The number of piperidine rings is 1. The van der Waals surface area contributed by atoms with Crippen molar-refractivity contribution in [2.45, 2.75) is 38.0 Å². The summed E-state index contributed by atoms with van der Waals surface area (Å²) in [4.78, 5) is 37.9. The first-order chi connectivity index (χ1) is 13.1. The van der Waals surface area contributed by atoms with Crippen molar-refractivity contribution >= 4 is 17.7 Å². The van der Waals surface area contributed by atoms with E-state index in [0.717, 1.165) is 30.8 Å². The second-order valence-corrected chi connectivity index (χ2v) is 7.20. The lowest BCUT2D eigenvalue weighted by atomic mass is 10.0. The quantitative estimate of drug-likeness (QED) is 0.604. The number of hydrogen-bond donors (Lipinski definition) is 3. The Balaban J connectivity index is 1.42. The molecule has 3 heterocycles. The molecule has 0 aromatic heterocycles. The number of carbonyl (C=O) groups is 3. The fourth-order valence-corrected chi connectivity index (χ4v) is 3.95. The van der Waals surface area contributed by atoms with Gasteiger partial charge >= 0.3 is 0 Å². The molecule has 2 unspecified atom stereocenters. The van der Waals surface area contributed by atoms with Crippen LogP contribution in [0.25, 0.3) is 0 Å². The Kier molecular flexibility index (Phi) is 5.20. The molecule has 27 heavy (non-hydrogen) atoms. The van der Waals surface area contributed by atoms with Gasteiger partial charge in [-0.2, -0.15) is 0 Å². The number of benzene rings is 1. The van der Waals surface area contributed by atoms with E-state index in [1.165, 1.54) is 0 Å². The summed E-state index contributed by atoms with van der Waals surface area (Å²) in [7, 11) is 0. The van der Waals surface area contributed by atoms with Crippen LogP contribution in [-0.4, -0.2) is 61.0 Å². The van der Waals surface area contributed by atoms with Gasteiger partial charge in [0, 0.05) is 44.2 Å². The molecule has 3 aliphatic rings. The number of morpholine rings is 1. The minimum atomic E-state index is -0.577. The Morgan fingerprint density at radius 1 is 1.26 bits per heavy atom. The first-order valence-electron chi connectivity index (χ1n) is 9.41. The van der Waals surface area contributed by atoms with E-state index in [-0.39, 0.29) is 30.2 Å². The normalized spacial score (nSPS) is 25.5. The van der Waals surface area contributed by atoms with E-state index in [9.17, 15) is 14.4 Å². The number of nitrogens with zero attached hydrogens (tertiary/aromatic N) is 1.